The van der Waals surface area contributed by atoms with E-state index in [9.17, 15) is 4.79 Å². The predicted molar refractivity (Wildman–Crippen MR) is 75.5 cm³/mol. The van der Waals surface area contributed by atoms with Crippen LogP contribution >= 0.6 is 15.9 Å². The van der Waals surface area contributed by atoms with Crippen molar-refractivity contribution in [1.29, 1.82) is 0 Å². The Labute approximate surface area is 116 Å². The summed E-state index contributed by atoms with van der Waals surface area (Å²) in [6.45, 7) is 0.862. The highest BCUT2D eigenvalue weighted by Gasteiger charge is 2.26. The maximum atomic E-state index is 12.4. The Morgan fingerprint density at radius 3 is 2.72 bits per heavy atom. The van der Waals surface area contributed by atoms with Gasteiger partial charge in [0.2, 0.25) is 0 Å². The van der Waals surface area contributed by atoms with Gasteiger partial charge in [-0.15, -0.1) is 0 Å². The molecule has 1 saturated heterocycles. The van der Waals surface area contributed by atoms with Crippen LogP contribution in [-0.4, -0.2) is 35.8 Å². The topological polar surface area (TPSA) is 29.5 Å². The Bertz CT molecular complexity index is 405. The first-order chi connectivity index (χ1) is 8.76. The molecule has 1 unspecified atom stereocenters. The van der Waals surface area contributed by atoms with Gasteiger partial charge in [-0.25, -0.2) is 0 Å². The lowest BCUT2D eigenvalue weighted by Crippen LogP contribution is -2.44. The zero-order valence-electron chi connectivity index (χ0n) is 10.6. The fourth-order valence-corrected chi connectivity index (χ4v) is 3.00. The first kappa shape index (κ1) is 13.4. The molecule has 18 heavy (non-hydrogen) atoms. The first-order valence-electron chi connectivity index (χ1n) is 6.27. The van der Waals surface area contributed by atoms with Crippen LogP contribution in [0.4, 0.5) is 0 Å². The number of hydrogen-bond donors (Lipinski definition) is 0. The van der Waals surface area contributed by atoms with Crippen LogP contribution < -0.4 is 4.74 Å². The number of halogens is 1. The van der Waals surface area contributed by atoms with Gasteiger partial charge in [0.05, 0.1) is 7.11 Å². The van der Waals surface area contributed by atoms with Crippen molar-refractivity contribution in [3.05, 3.63) is 29.8 Å². The maximum Gasteiger partial charge on any atom is 0.254 e. The third kappa shape index (κ3) is 2.86. The fourth-order valence-electron chi connectivity index (χ4n) is 2.33. The summed E-state index contributed by atoms with van der Waals surface area (Å²) in [5.41, 5.74) is 0.739. The monoisotopic (exact) mass is 311 g/mol. The molecule has 0 aromatic heterocycles. The van der Waals surface area contributed by atoms with Crippen molar-refractivity contribution in [1.82, 2.24) is 4.90 Å². The SMILES string of the molecule is COc1ccc(C(=O)N2CCCCC2CBr)cc1. The summed E-state index contributed by atoms with van der Waals surface area (Å²) >= 11 is 3.50. The minimum Gasteiger partial charge on any atom is -0.497 e. The second-order valence-corrected chi connectivity index (χ2v) is 5.18. The molecule has 0 bridgehead atoms. The average Bonchev–Trinajstić information content (AvgIpc) is 2.46. The van der Waals surface area contributed by atoms with Crippen LogP contribution in [0.25, 0.3) is 0 Å². The van der Waals surface area contributed by atoms with E-state index in [2.05, 4.69) is 15.9 Å². The van der Waals surface area contributed by atoms with Crippen LogP contribution in [-0.2, 0) is 0 Å². The van der Waals surface area contributed by atoms with Gasteiger partial charge >= 0.3 is 0 Å². The van der Waals surface area contributed by atoms with Gasteiger partial charge in [-0.05, 0) is 43.5 Å². The maximum absolute atomic E-state index is 12.4. The van der Waals surface area contributed by atoms with E-state index >= 15 is 0 Å². The van der Waals surface area contributed by atoms with E-state index in [0.29, 0.717) is 6.04 Å². The van der Waals surface area contributed by atoms with Gasteiger partial charge < -0.3 is 9.64 Å². The molecule has 1 atom stereocenters. The highest BCUT2D eigenvalue weighted by atomic mass is 79.9. The number of amides is 1. The van der Waals surface area contributed by atoms with E-state index in [1.54, 1.807) is 7.11 Å². The van der Waals surface area contributed by atoms with Crippen molar-refractivity contribution in [2.45, 2.75) is 25.3 Å². The molecule has 0 aliphatic carbocycles. The fraction of sp³-hybridized carbons (Fsp3) is 0.500. The minimum absolute atomic E-state index is 0.127. The summed E-state index contributed by atoms with van der Waals surface area (Å²) < 4.78 is 5.10. The molecule has 4 heteroatoms. The number of nitrogens with zero attached hydrogens (tertiary/aromatic N) is 1. The number of ether oxygens (including phenoxy) is 1. The summed E-state index contributed by atoms with van der Waals surface area (Å²) in [5.74, 6) is 0.907. The molecule has 3 nitrogen and oxygen atoms in total. The van der Waals surface area contributed by atoms with E-state index in [1.165, 1.54) is 6.42 Å². The zero-order valence-corrected chi connectivity index (χ0v) is 12.1. The second-order valence-electron chi connectivity index (χ2n) is 4.53. The quantitative estimate of drug-likeness (QED) is 0.803. The van der Waals surface area contributed by atoms with E-state index < -0.39 is 0 Å². The number of likely N-dealkylation sites (tertiary alicyclic amines) is 1. The zero-order chi connectivity index (χ0) is 13.0. The van der Waals surface area contributed by atoms with E-state index in [4.69, 9.17) is 4.74 Å². The number of hydrogen-bond acceptors (Lipinski definition) is 2. The highest BCUT2D eigenvalue weighted by Crippen LogP contribution is 2.22. The van der Waals surface area contributed by atoms with Crippen molar-refractivity contribution in [3.8, 4) is 5.75 Å². The molecule has 1 aliphatic rings. The van der Waals surface area contributed by atoms with Gasteiger partial charge in [0.25, 0.3) is 5.91 Å². The molecule has 0 radical (unpaired) electrons. The van der Waals surface area contributed by atoms with Crippen LogP contribution in [0.15, 0.2) is 24.3 Å². The number of carbonyl (C=O) groups excluding carboxylic acids is 1. The Morgan fingerprint density at radius 2 is 2.11 bits per heavy atom. The molecule has 0 N–H and O–H groups in total. The number of piperidine rings is 1. The Kier molecular flexibility index (Phi) is 4.64. The number of benzene rings is 1. The van der Waals surface area contributed by atoms with Crippen molar-refractivity contribution in [2.75, 3.05) is 19.0 Å². The second kappa shape index (κ2) is 6.23. The van der Waals surface area contributed by atoms with Crippen molar-refractivity contribution in [3.63, 3.8) is 0 Å². The molecule has 0 spiro atoms. The molecule has 1 aromatic rings. The summed E-state index contributed by atoms with van der Waals surface area (Å²) in [4.78, 5) is 14.4. The molecule has 1 fully saturated rings. The van der Waals surface area contributed by atoms with Gasteiger partial charge in [-0.1, -0.05) is 15.9 Å². The standard InChI is InChI=1S/C14H18BrNO2/c1-18-13-7-5-11(6-8-13)14(17)16-9-3-2-4-12(16)10-15/h5-8,12H,2-4,9-10H2,1H3. The van der Waals surface area contributed by atoms with Gasteiger partial charge in [-0.2, -0.15) is 0 Å². The number of carbonyl (C=O) groups is 1. The van der Waals surface area contributed by atoms with Crippen LogP contribution in [0.2, 0.25) is 0 Å². The first-order valence-corrected chi connectivity index (χ1v) is 7.39. The number of alkyl halides is 1. The van der Waals surface area contributed by atoms with Crippen LogP contribution in [0, 0.1) is 0 Å². The van der Waals surface area contributed by atoms with Crippen LogP contribution in [0.3, 0.4) is 0 Å². The third-order valence-corrected chi connectivity index (χ3v) is 4.15. The normalized spacial score (nSPS) is 19.7. The molecular formula is C14H18BrNO2. The van der Waals surface area contributed by atoms with Crippen LogP contribution in [0.5, 0.6) is 5.75 Å². The molecular weight excluding hydrogens is 294 g/mol. The number of rotatable bonds is 3. The molecule has 98 valence electrons. The summed E-state index contributed by atoms with van der Waals surface area (Å²) in [6, 6.07) is 7.66. The highest BCUT2D eigenvalue weighted by molar-refractivity contribution is 9.09. The molecule has 0 saturated carbocycles. The van der Waals surface area contributed by atoms with E-state index in [-0.39, 0.29) is 5.91 Å². The van der Waals surface area contributed by atoms with Crippen molar-refractivity contribution >= 4 is 21.8 Å². The largest absolute Gasteiger partial charge is 0.497 e. The summed E-state index contributed by atoms with van der Waals surface area (Å²) in [5, 5.41) is 0.856. The predicted octanol–water partition coefficient (Wildman–Crippen LogP) is 3.08. The van der Waals surface area contributed by atoms with Crippen molar-refractivity contribution < 1.29 is 9.53 Å². The van der Waals surface area contributed by atoms with Gasteiger partial charge in [-0.3, -0.25) is 4.79 Å². The van der Waals surface area contributed by atoms with Gasteiger partial charge in [0, 0.05) is 23.5 Å². The molecule has 1 amide bonds. The average molecular weight is 312 g/mol. The molecule has 1 aromatic carbocycles. The molecule has 2 rings (SSSR count). The van der Waals surface area contributed by atoms with Gasteiger partial charge in [0.1, 0.15) is 5.75 Å². The summed E-state index contributed by atoms with van der Waals surface area (Å²) in [7, 11) is 1.63. The smallest absolute Gasteiger partial charge is 0.254 e. The Morgan fingerprint density at radius 1 is 1.39 bits per heavy atom. The Hall–Kier alpha value is -1.03. The lowest BCUT2D eigenvalue weighted by molar-refractivity contribution is 0.0642. The number of methoxy groups -OCH3 is 1. The van der Waals surface area contributed by atoms with E-state index in [1.807, 2.05) is 29.2 Å². The Balaban J connectivity index is 2.13. The lowest BCUT2D eigenvalue weighted by Gasteiger charge is -2.34. The third-order valence-electron chi connectivity index (χ3n) is 3.40. The van der Waals surface area contributed by atoms with Crippen LogP contribution in [0.1, 0.15) is 29.6 Å². The lowest BCUT2D eigenvalue weighted by atomic mass is 10.0. The van der Waals surface area contributed by atoms with Crippen molar-refractivity contribution in [2.24, 2.45) is 0 Å². The summed E-state index contributed by atoms with van der Waals surface area (Å²) in [6.07, 6.45) is 3.40. The molecule has 1 aliphatic heterocycles. The van der Waals surface area contributed by atoms with E-state index in [0.717, 1.165) is 36.0 Å². The van der Waals surface area contributed by atoms with Gasteiger partial charge in [0.15, 0.2) is 0 Å². The minimum atomic E-state index is 0.127. The molecule has 1 heterocycles.